The number of aromatic nitrogens is 5. The van der Waals surface area contributed by atoms with E-state index in [1.165, 1.54) is 28.3 Å². The fourth-order valence-electron chi connectivity index (χ4n) is 4.15. The zero-order valence-corrected chi connectivity index (χ0v) is 18.0. The zero-order valence-electron chi connectivity index (χ0n) is 18.0. The van der Waals surface area contributed by atoms with E-state index >= 15 is 0 Å². The van der Waals surface area contributed by atoms with Gasteiger partial charge in [0, 0.05) is 20.3 Å². The first-order valence-corrected chi connectivity index (χ1v) is 10.2. The maximum absolute atomic E-state index is 13.0. The molecule has 0 aliphatic carbocycles. The van der Waals surface area contributed by atoms with Crippen LogP contribution in [0.1, 0.15) is 16.7 Å². The first-order chi connectivity index (χ1) is 14.9. The molecule has 5 rings (SSSR count). The fraction of sp³-hybridized carbons (Fsp3) is 0.208. The summed E-state index contributed by atoms with van der Waals surface area (Å²) in [5.41, 5.74) is 5.61. The van der Waals surface area contributed by atoms with Crippen LogP contribution in [0.15, 0.2) is 64.3 Å². The van der Waals surface area contributed by atoms with Gasteiger partial charge in [-0.3, -0.25) is 18.3 Å². The molecule has 0 aliphatic heterocycles. The summed E-state index contributed by atoms with van der Waals surface area (Å²) in [6, 6.07) is 16.5. The predicted molar refractivity (Wildman–Crippen MR) is 122 cm³/mol. The molecule has 7 nitrogen and oxygen atoms in total. The molecule has 31 heavy (non-hydrogen) atoms. The van der Waals surface area contributed by atoms with Crippen molar-refractivity contribution in [3.63, 3.8) is 0 Å². The highest BCUT2D eigenvalue weighted by Crippen LogP contribution is 2.27. The molecule has 5 aromatic rings. The van der Waals surface area contributed by atoms with Crippen LogP contribution in [0.4, 0.5) is 0 Å². The van der Waals surface area contributed by atoms with Crippen molar-refractivity contribution >= 4 is 16.9 Å². The van der Waals surface area contributed by atoms with Gasteiger partial charge in [-0.05, 0) is 30.5 Å². The van der Waals surface area contributed by atoms with Gasteiger partial charge in [-0.2, -0.15) is 4.98 Å². The third kappa shape index (κ3) is 2.84. The topological polar surface area (TPSA) is 66.2 Å². The molecule has 0 bridgehead atoms. The van der Waals surface area contributed by atoms with Crippen LogP contribution >= 0.6 is 0 Å². The summed E-state index contributed by atoms with van der Waals surface area (Å²) in [5.74, 6) is 0.632. The van der Waals surface area contributed by atoms with E-state index in [4.69, 9.17) is 4.98 Å². The molecule has 0 radical (unpaired) electrons. The number of imidazole rings is 2. The lowest BCUT2D eigenvalue weighted by Crippen LogP contribution is -2.37. The normalized spacial score (nSPS) is 11.6. The monoisotopic (exact) mass is 413 g/mol. The number of hydrogen-bond donors (Lipinski definition) is 0. The molecule has 0 fully saturated rings. The Balaban J connectivity index is 1.88. The molecular formula is C24H23N5O2. The second-order valence-corrected chi connectivity index (χ2v) is 8.06. The van der Waals surface area contributed by atoms with Gasteiger partial charge in [-0.15, -0.1) is 0 Å². The summed E-state index contributed by atoms with van der Waals surface area (Å²) in [7, 11) is 3.14. The van der Waals surface area contributed by atoms with Crippen LogP contribution in [-0.4, -0.2) is 23.1 Å². The van der Waals surface area contributed by atoms with Crippen molar-refractivity contribution in [3.8, 4) is 11.3 Å². The van der Waals surface area contributed by atoms with Crippen LogP contribution in [0.25, 0.3) is 28.2 Å². The average Bonchev–Trinajstić information content (AvgIpc) is 3.31. The van der Waals surface area contributed by atoms with E-state index in [9.17, 15) is 9.59 Å². The molecule has 7 heteroatoms. The summed E-state index contributed by atoms with van der Waals surface area (Å²) < 4.78 is 6.47. The Bertz CT molecular complexity index is 1580. The molecule has 0 unspecified atom stereocenters. The second-order valence-electron chi connectivity index (χ2n) is 8.06. The molecule has 0 saturated carbocycles. The molecule has 3 heterocycles. The first-order valence-electron chi connectivity index (χ1n) is 10.2. The minimum atomic E-state index is -0.386. The van der Waals surface area contributed by atoms with E-state index < -0.39 is 0 Å². The maximum Gasteiger partial charge on any atom is 0.332 e. The number of hydrogen-bond acceptors (Lipinski definition) is 3. The van der Waals surface area contributed by atoms with Crippen LogP contribution < -0.4 is 11.2 Å². The van der Waals surface area contributed by atoms with Gasteiger partial charge in [0.1, 0.15) is 0 Å². The van der Waals surface area contributed by atoms with Crippen LogP contribution in [0, 0.1) is 13.8 Å². The van der Waals surface area contributed by atoms with Crippen molar-refractivity contribution in [3.05, 3.63) is 92.3 Å². The highest BCUT2D eigenvalue weighted by molar-refractivity contribution is 5.78. The standard InChI is InChI=1S/C24H23N5O2/c1-15-10-11-16(2)18(12-15)13-28-19(17-8-6-5-7-9-17)14-29-20-21(25-23(28)29)26(3)24(31)27(4)22(20)30/h5-12,14H,13H2,1-4H3. The van der Waals surface area contributed by atoms with Gasteiger partial charge in [-0.25, -0.2) is 4.79 Å². The molecule has 3 aromatic heterocycles. The van der Waals surface area contributed by atoms with Crippen molar-refractivity contribution in [1.29, 1.82) is 0 Å². The molecule has 0 saturated heterocycles. The Kier molecular flexibility index (Phi) is 4.22. The van der Waals surface area contributed by atoms with Gasteiger partial charge in [0.25, 0.3) is 5.56 Å². The van der Waals surface area contributed by atoms with E-state index in [2.05, 4.69) is 36.6 Å². The molecule has 0 aliphatic rings. The zero-order chi connectivity index (χ0) is 21.9. The molecule has 0 N–H and O–H groups in total. The quantitative estimate of drug-likeness (QED) is 0.457. The van der Waals surface area contributed by atoms with Crippen molar-refractivity contribution in [1.82, 2.24) is 23.1 Å². The van der Waals surface area contributed by atoms with E-state index in [0.29, 0.717) is 23.5 Å². The molecule has 0 spiro atoms. The van der Waals surface area contributed by atoms with Crippen molar-refractivity contribution in [2.45, 2.75) is 20.4 Å². The second kappa shape index (κ2) is 6.84. The third-order valence-corrected chi connectivity index (χ3v) is 5.96. The molecule has 2 aromatic carbocycles. The Hall–Kier alpha value is -3.87. The van der Waals surface area contributed by atoms with Crippen molar-refractivity contribution in [2.24, 2.45) is 14.1 Å². The molecule has 0 atom stereocenters. The number of nitrogens with zero attached hydrogens (tertiary/aromatic N) is 5. The van der Waals surface area contributed by atoms with E-state index in [-0.39, 0.29) is 11.2 Å². The lowest BCUT2D eigenvalue weighted by atomic mass is 10.1. The number of fused-ring (bicyclic) bond motifs is 3. The minimum Gasteiger partial charge on any atom is -0.305 e. The SMILES string of the molecule is Cc1ccc(C)c(Cn2c(-c3ccccc3)cn3c4c(=O)n(C)c(=O)n(C)c4nc23)c1. The fourth-order valence-corrected chi connectivity index (χ4v) is 4.15. The number of rotatable bonds is 3. The van der Waals surface area contributed by atoms with Gasteiger partial charge in [0.05, 0.1) is 12.2 Å². The summed E-state index contributed by atoms with van der Waals surface area (Å²) >= 11 is 0. The van der Waals surface area contributed by atoms with Gasteiger partial charge >= 0.3 is 5.69 Å². The highest BCUT2D eigenvalue weighted by atomic mass is 16.2. The third-order valence-electron chi connectivity index (χ3n) is 5.96. The van der Waals surface area contributed by atoms with E-state index in [1.807, 2.05) is 40.9 Å². The summed E-state index contributed by atoms with van der Waals surface area (Å²) in [5, 5.41) is 0. The Labute approximate surface area is 178 Å². The number of aryl methyl sites for hydroxylation is 3. The molecular weight excluding hydrogens is 390 g/mol. The van der Waals surface area contributed by atoms with Crippen LogP contribution in [0.2, 0.25) is 0 Å². The average molecular weight is 413 g/mol. The maximum atomic E-state index is 13.0. The molecule has 156 valence electrons. The summed E-state index contributed by atoms with van der Waals surface area (Å²) in [6.45, 7) is 4.78. The highest BCUT2D eigenvalue weighted by Gasteiger charge is 2.21. The first kappa shape index (κ1) is 19.1. The Morgan fingerprint density at radius 1 is 0.935 bits per heavy atom. The largest absolute Gasteiger partial charge is 0.332 e. The van der Waals surface area contributed by atoms with E-state index in [1.54, 1.807) is 7.05 Å². The lowest BCUT2D eigenvalue weighted by molar-refractivity contribution is 0.707. The summed E-state index contributed by atoms with van der Waals surface area (Å²) in [6.07, 6.45) is 1.94. The Morgan fingerprint density at radius 2 is 1.68 bits per heavy atom. The Morgan fingerprint density at radius 3 is 2.42 bits per heavy atom. The van der Waals surface area contributed by atoms with Crippen LogP contribution in [0.5, 0.6) is 0 Å². The van der Waals surface area contributed by atoms with Gasteiger partial charge < -0.3 is 4.57 Å². The van der Waals surface area contributed by atoms with Gasteiger partial charge in [0.2, 0.25) is 5.78 Å². The van der Waals surface area contributed by atoms with Gasteiger partial charge in [-0.1, -0.05) is 54.1 Å². The van der Waals surface area contributed by atoms with E-state index in [0.717, 1.165) is 15.8 Å². The smallest absolute Gasteiger partial charge is 0.305 e. The van der Waals surface area contributed by atoms with Crippen LogP contribution in [-0.2, 0) is 20.6 Å². The van der Waals surface area contributed by atoms with Crippen molar-refractivity contribution < 1.29 is 0 Å². The van der Waals surface area contributed by atoms with Gasteiger partial charge in [0.15, 0.2) is 11.2 Å². The lowest BCUT2D eigenvalue weighted by Gasteiger charge is -2.12. The minimum absolute atomic E-state index is 0.353. The number of benzene rings is 2. The van der Waals surface area contributed by atoms with Crippen molar-refractivity contribution in [2.75, 3.05) is 0 Å². The van der Waals surface area contributed by atoms with Crippen LogP contribution in [0.3, 0.4) is 0 Å². The predicted octanol–water partition coefficient (Wildman–Crippen LogP) is 3.02. The molecule has 0 amide bonds. The summed E-state index contributed by atoms with van der Waals surface area (Å²) in [4.78, 5) is 30.1.